The van der Waals surface area contributed by atoms with Gasteiger partial charge in [-0.2, -0.15) is 5.26 Å². The fraction of sp³-hybridized carbons (Fsp3) is 0.0370. The molecule has 34 heavy (non-hydrogen) atoms. The van der Waals surface area contributed by atoms with Crippen LogP contribution < -0.4 is 9.62 Å². The van der Waals surface area contributed by atoms with Gasteiger partial charge in [0.1, 0.15) is 0 Å². The third-order valence-electron chi connectivity index (χ3n) is 5.15. The fourth-order valence-corrected chi connectivity index (χ4v) is 4.95. The highest BCUT2D eigenvalue weighted by molar-refractivity contribution is 7.92. The molecule has 6 nitrogen and oxygen atoms in total. The largest absolute Gasteiger partial charge is 0.322 e. The van der Waals surface area contributed by atoms with E-state index < -0.39 is 15.9 Å². The lowest BCUT2D eigenvalue weighted by atomic mass is 10.2. The maximum atomic E-state index is 13.7. The molecule has 0 saturated carbocycles. The molecular weight excluding hydrogens is 446 g/mol. The third-order valence-corrected chi connectivity index (χ3v) is 6.92. The Labute approximate surface area is 198 Å². The van der Waals surface area contributed by atoms with E-state index in [1.807, 2.05) is 42.5 Å². The van der Waals surface area contributed by atoms with E-state index in [0.717, 1.165) is 5.56 Å². The van der Waals surface area contributed by atoms with E-state index in [2.05, 4.69) is 5.32 Å². The summed E-state index contributed by atoms with van der Waals surface area (Å²) in [6.45, 7) is 0.143. The first-order valence-corrected chi connectivity index (χ1v) is 11.9. The third kappa shape index (κ3) is 5.14. The van der Waals surface area contributed by atoms with E-state index in [1.165, 1.54) is 16.4 Å². The van der Waals surface area contributed by atoms with Gasteiger partial charge in [0.2, 0.25) is 0 Å². The number of nitrogens with one attached hydrogen (secondary N) is 1. The van der Waals surface area contributed by atoms with Crippen LogP contribution >= 0.6 is 0 Å². The standard InChI is InChI=1S/C27H21N3O3S/c28-19-22-11-7-13-24(17-22)29-27(31)23-12-8-16-26(18-23)34(32,33)30(25-14-5-2-6-15-25)20-21-9-3-1-4-10-21/h1-18H,20H2,(H,29,31). The zero-order valence-corrected chi connectivity index (χ0v) is 18.9. The van der Waals surface area contributed by atoms with Crippen LogP contribution in [0.1, 0.15) is 21.5 Å². The van der Waals surface area contributed by atoms with E-state index in [4.69, 9.17) is 5.26 Å². The Hall–Kier alpha value is -4.41. The summed E-state index contributed by atoms with van der Waals surface area (Å²) in [4.78, 5) is 12.8. The van der Waals surface area contributed by atoms with Gasteiger partial charge >= 0.3 is 0 Å². The van der Waals surface area contributed by atoms with E-state index in [1.54, 1.807) is 60.7 Å². The van der Waals surface area contributed by atoms with E-state index in [0.29, 0.717) is 16.9 Å². The molecule has 0 bridgehead atoms. The lowest BCUT2D eigenvalue weighted by Crippen LogP contribution is -2.30. The van der Waals surface area contributed by atoms with Crippen molar-refractivity contribution in [2.75, 3.05) is 9.62 Å². The highest BCUT2D eigenvalue weighted by atomic mass is 32.2. The van der Waals surface area contributed by atoms with Crippen LogP contribution in [0.3, 0.4) is 0 Å². The van der Waals surface area contributed by atoms with Crippen molar-refractivity contribution < 1.29 is 13.2 Å². The lowest BCUT2D eigenvalue weighted by Gasteiger charge is -2.25. The van der Waals surface area contributed by atoms with Gasteiger partial charge in [-0.25, -0.2) is 8.42 Å². The van der Waals surface area contributed by atoms with Crippen LogP contribution in [-0.4, -0.2) is 14.3 Å². The number of nitriles is 1. The van der Waals surface area contributed by atoms with Gasteiger partial charge in [0.15, 0.2) is 0 Å². The van der Waals surface area contributed by atoms with Gasteiger partial charge in [0.05, 0.1) is 28.8 Å². The quantitative estimate of drug-likeness (QED) is 0.404. The average molecular weight is 468 g/mol. The molecule has 4 aromatic rings. The molecule has 0 heterocycles. The minimum atomic E-state index is -3.98. The van der Waals surface area contributed by atoms with Gasteiger partial charge in [-0.3, -0.25) is 9.10 Å². The first kappa shape index (κ1) is 22.8. The van der Waals surface area contributed by atoms with E-state index in [-0.39, 0.29) is 17.0 Å². The molecule has 4 rings (SSSR count). The average Bonchev–Trinajstić information content (AvgIpc) is 2.88. The van der Waals surface area contributed by atoms with Crippen molar-refractivity contribution in [3.8, 4) is 6.07 Å². The van der Waals surface area contributed by atoms with Gasteiger partial charge in [-0.15, -0.1) is 0 Å². The zero-order chi connectivity index (χ0) is 24.0. The molecule has 0 saturated heterocycles. The summed E-state index contributed by atoms with van der Waals surface area (Å²) in [6, 6.07) is 32.6. The number of carbonyl (C=O) groups excluding carboxylic acids is 1. The fourth-order valence-electron chi connectivity index (χ4n) is 3.45. The van der Waals surface area contributed by atoms with Crippen molar-refractivity contribution in [2.24, 2.45) is 0 Å². The van der Waals surface area contributed by atoms with Crippen LogP contribution in [0.25, 0.3) is 0 Å². The number of rotatable bonds is 7. The number of benzene rings is 4. The molecule has 1 amide bonds. The molecule has 0 aliphatic carbocycles. The van der Waals surface area contributed by atoms with Crippen molar-refractivity contribution in [1.29, 1.82) is 5.26 Å². The summed E-state index contributed by atoms with van der Waals surface area (Å²) in [7, 11) is -3.98. The van der Waals surface area contributed by atoms with Crippen molar-refractivity contribution in [3.05, 3.63) is 126 Å². The zero-order valence-electron chi connectivity index (χ0n) is 18.1. The molecule has 0 aliphatic rings. The van der Waals surface area contributed by atoms with Crippen LogP contribution in [0.15, 0.2) is 114 Å². The van der Waals surface area contributed by atoms with E-state index in [9.17, 15) is 13.2 Å². The number of amides is 1. The molecule has 4 aromatic carbocycles. The Morgan fingerprint density at radius 1 is 0.824 bits per heavy atom. The molecule has 0 radical (unpaired) electrons. The van der Waals surface area contributed by atoms with Crippen LogP contribution in [0.2, 0.25) is 0 Å². The molecule has 0 fully saturated rings. The summed E-state index contributed by atoms with van der Waals surface area (Å²) >= 11 is 0. The molecule has 7 heteroatoms. The number of hydrogen-bond donors (Lipinski definition) is 1. The minimum absolute atomic E-state index is 0.00529. The van der Waals surface area contributed by atoms with Gasteiger partial charge in [0, 0.05) is 11.3 Å². The van der Waals surface area contributed by atoms with Crippen molar-refractivity contribution in [2.45, 2.75) is 11.4 Å². The summed E-state index contributed by atoms with van der Waals surface area (Å²) in [5.74, 6) is -0.471. The summed E-state index contributed by atoms with van der Waals surface area (Å²) in [5, 5.41) is 11.8. The molecule has 1 N–H and O–H groups in total. The summed E-state index contributed by atoms with van der Waals surface area (Å²) in [5.41, 5.74) is 2.41. The van der Waals surface area contributed by atoms with Crippen molar-refractivity contribution >= 4 is 27.3 Å². The number of nitrogens with zero attached hydrogens (tertiary/aromatic N) is 2. The summed E-state index contributed by atoms with van der Waals surface area (Å²) in [6.07, 6.45) is 0. The first-order chi connectivity index (χ1) is 16.5. The highest BCUT2D eigenvalue weighted by Crippen LogP contribution is 2.26. The Kier molecular flexibility index (Phi) is 6.72. The predicted octanol–water partition coefficient (Wildman–Crippen LogP) is 5.21. The second kappa shape index (κ2) is 10.0. The SMILES string of the molecule is N#Cc1cccc(NC(=O)c2cccc(S(=O)(=O)N(Cc3ccccc3)c3ccccc3)c2)c1. The predicted molar refractivity (Wildman–Crippen MR) is 132 cm³/mol. The smallest absolute Gasteiger partial charge is 0.264 e. The Morgan fingerprint density at radius 2 is 1.50 bits per heavy atom. The maximum Gasteiger partial charge on any atom is 0.264 e. The number of anilines is 2. The number of sulfonamides is 1. The number of para-hydroxylation sites is 1. The van der Waals surface area contributed by atoms with Crippen molar-refractivity contribution in [1.82, 2.24) is 0 Å². The molecule has 168 valence electrons. The normalized spacial score (nSPS) is 10.8. The van der Waals surface area contributed by atoms with Crippen LogP contribution in [0, 0.1) is 11.3 Å². The Morgan fingerprint density at radius 3 is 2.21 bits per heavy atom. The maximum absolute atomic E-state index is 13.7. The van der Waals surface area contributed by atoms with E-state index >= 15 is 0 Å². The van der Waals surface area contributed by atoms with Gasteiger partial charge < -0.3 is 5.32 Å². The van der Waals surface area contributed by atoms with Gasteiger partial charge in [-0.05, 0) is 54.1 Å². The molecule has 0 spiro atoms. The monoisotopic (exact) mass is 467 g/mol. The number of hydrogen-bond acceptors (Lipinski definition) is 4. The number of carbonyl (C=O) groups is 1. The summed E-state index contributed by atoms with van der Waals surface area (Å²) < 4.78 is 28.8. The Balaban J connectivity index is 1.67. The molecule has 0 unspecified atom stereocenters. The molecule has 0 aromatic heterocycles. The topological polar surface area (TPSA) is 90.3 Å². The Bertz CT molecular complexity index is 1450. The van der Waals surface area contributed by atoms with Crippen LogP contribution in [-0.2, 0) is 16.6 Å². The van der Waals surface area contributed by atoms with Crippen LogP contribution in [0.5, 0.6) is 0 Å². The second-order valence-corrected chi connectivity index (χ2v) is 9.37. The molecular formula is C27H21N3O3S. The van der Waals surface area contributed by atoms with Gasteiger partial charge in [0.25, 0.3) is 15.9 Å². The highest BCUT2D eigenvalue weighted by Gasteiger charge is 2.26. The van der Waals surface area contributed by atoms with Crippen molar-refractivity contribution in [3.63, 3.8) is 0 Å². The first-order valence-electron chi connectivity index (χ1n) is 10.5. The van der Waals surface area contributed by atoms with Gasteiger partial charge in [-0.1, -0.05) is 60.7 Å². The molecule has 0 atom stereocenters. The van der Waals surface area contributed by atoms with Crippen LogP contribution in [0.4, 0.5) is 11.4 Å². The minimum Gasteiger partial charge on any atom is -0.322 e. The second-order valence-electron chi connectivity index (χ2n) is 7.51. The molecule has 0 aliphatic heterocycles. The lowest BCUT2D eigenvalue weighted by molar-refractivity contribution is 0.102.